The molecular formula is C31H37FO2. The first kappa shape index (κ1) is 25.7. The van der Waals surface area contributed by atoms with Crippen LogP contribution in [0.15, 0.2) is 66.7 Å². The van der Waals surface area contributed by atoms with E-state index in [9.17, 15) is 4.79 Å². The molecule has 0 bridgehead atoms. The van der Waals surface area contributed by atoms with E-state index in [2.05, 4.69) is 13.8 Å². The Morgan fingerprint density at radius 1 is 0.735 bits per heavy atom. The van der Waals surface area contributed by atoms with Gasteiger partial charge in [-0.3, -0.25) is 0 Å². The van der Waals surface area contributed by atoms with Gasteiger partial charge in [0.1, 0.15) is 5.82 Å². The Kier molecular flexibility index (Phi) is 10.3. The number of rotatable bonds is 13. The molecule has 0 aliphatic heterocycles. The van der Waals surface area contributed by atoms with E-state index < -0.39 is 0 Å². The SMILES string of the molecule is CCCCCCCOC(=O)c1ccc(-c2ccccc2)c(-c2ccc(CCCCC)cc2F)c1. The Balaban J connectivity index is 1.86. The normalized spacial score (nSPS) is 10.9. The summed E-state index contributed by atoms with van der Waals surface area (Å²) in [6.45, 7) is 4.76. The number of benzene rings is 3. The van der Waals surface area contributed by atoms with Crippen molar-refractivity contribution < 1.29 is 13.9 Å². The molecule has 0 aromatic heterocycles. The van der Waals surface area contributed by atoms with Crippen molar-refractivity contribution in [3.63, 3.8) is 0 Å². The molecule has 0 radical (unpaired) electrons. The smallest absolute Gasteiger partial charge is 0.338 e. The summed E-state index contributed by atoms with van der Waals surface area (Å²) in [5, 5.41) is 0. The second-order valence-corrected chi connectivity index (χ2v) is 8.95. The molecule has 0 saturated heterocycles. The van der Waals surface area contributed by atoms with Gasteiger partial charge in [-0.15, -0.1) is 0 Å². The zero-order chi connectivity index (χ0) is 24.2. The monoisotopic (exact) mass is 460 g/mol. The summed E-state index contributed by atoms with van der Waals surface area (Å²) in [5.41, 5.74) is 4.56. The lowest BCUT2D eigenvalue weighted by Crippen LogP contribution is -2.07. The minimum Gasteiger partial charge on any atom is -0.462 e. The highest BCUT2D eigenvalue weighted by Gasteiger charge is 2.16. The number of carbonyl (C=O) groups excluding carboxylic acids is 1. The topological polar surface area (TPSA) is 26.3 Å². The van der Waals surface area contributed by atoms with Gasteiger partial charge in [0.15, 0.2) is 0 Å². The second-order valence-electron chi connectivity index (χ2n) is 8.95. The number of hydrogen-bond acceptors (Lipinski definition) is 2. The van der Waals surface area contributed by atoms with Crippen molar-refractivity contribution in [3.05, 3.63) is 83.7 Å². The highest BCUT2D eigenvalue weighted by Crippen LogP contribution is 2.35. The quantitative estimate of drug-likeness (QED) is 0.188. The maximum atomic E-state index is 15.3. The molecule has 0 unspecified atom stereocenters. The van der Waals surface area contributed by atoms with Crippen LogP contribution in [-0.2, 0) is 11.2 Å². The molecule has 0 saturated carbocycles. The van der Waals surface area contributed by atoms with E-state index in [4.69, 9.17) is 4.74 Å². The van der Waals surface area contributed by atoms with Crippen LogP contribution in [0.25, 0.3) is 22.3 Å². The van der Waals surface area contributed by atoms with Crippen LogP contribution >= 0.6 is 0 Å². The summed E-state index contributed by atoms with van der Waals surface area (Å²) in [7, 11) is 0. The number of carbonyl (C=O) groups is 1. The fourth-order valence-electron chi connectivity index (χ4n) is 4.23. The van der Waals surface area contributed by atoms with Crippen molar-refractivity contribution in [2.24, 2.45) is 0 Å². The molecule has 3 rings (SSSR count). The van der Waals surface area contributed by atoms with Gasteiger partial charge in [0.25, 0.3) is 0 Å². The fraction of sp³-hybridized carbons (Fsp3) is 0.387. The first-order chi connectivity index (χ1) is 16.6. The number of aryl methyl sites for hydroxylation is 1. The summed E-state index contributed by atoms with van der Waals surface area (Å²) in [5.74, 6) is -0.611. The highest BCUT2D eigenvalue weighted by molar-refractivity contribution is 5.94. The molecule has 3 heteroatoms. The molecule has 0 amide bonds. The van der Waals surface area contributed by atoms with Crippen molar-refractivity contribution in [1.82, 2.24) is 0 Å². The molecule has 0 aliphatic rings. The average Bonchev–Trinajstić information content (AvgIpc) is 2.86. The largest absolute Gasteiger partial charge is 0.462 e. The van der Waals surface area contributed by atoms with Gasteiger partial charge < -0.3 is 4.74 Å². The van der Waals surface area contributed by atoms with Gasteiger partial charge in [-0.2, -0.15) is 0 Å². The molecule has 0 fully saturated rings. The van der Waals surface area contributed by atoms with Gasteiger partial charge in [-0.1, -0.05) is 101 Å². The van der Waals surface area contributed by atoms with Crippen LogP contribution in [0, 0.1) is 5.82 Å². The Hall–Kier alpha value is -2.94. The summed E-state index contributed by atoms with van der Waals surface area (Å²) in [4.78, 5) is 12.7. The molecule has 3 aromatic carbocycles. The van der Waals surface area contributed by atoms with Crippen LogP contribution in [0.1, 0.15) is 81.1 Å². The van der Waals surface area contributed by atoms with Gasteiger partial charge in [-0.25, -0.2) is 9.18 Å². The standard InChI is InChI=1S/C31H37FO2/c1-3-5-7-8-13-21-34-31(33)26-18-20-27(25-15-11-9-12-16-25)29(23-26)28-19-17-24(22-30(28)32)14-10-6-4-2/h9,11-12,15-20,22-23H,3-8,10,13-14,21H2,1-2H3. The molecule has 0 aliphatic carbocycles. The highest BCUT2D eigenvalue weighted by atomic mass is 19.1. The summed E-state index contributed by atoms with van der Waals surface area (Å²) in [6.07, 6.45) is 9.72. The van der Waals surface area contributed by atoms with Gasteiger partial charge in [0, 0.05) is 5.56 Å². The number of halogens is 1. The third-order valence-electron chi connectivity index (χ3n) is 6.21. The summed E-state index contributed by atoms with van der Waals surface area (Å²) >= 11 is 0. The van der Waals surface area contributed by atoms with Crippen LogP contribution < -0.4 is 0 Å². The Morgan fingerprint density at radius 3 is 2.18 bits per heavy atom. The summed E-state index contributed by atoms with van der Waals surface area (Å²) in [6, 6.07) is 20.8. The Bertz CT molecular complexity index is 1040. The number of unbranched alkanes of at least 4 members (excludes halogenated alkanes) is 6. The van der Waals surface area contributed by atoms with Crippen LogP contribution in [0.2, 0.25) is 0 Å². The second kappa shape index (κ2) is 13.7. The maximum Gasteiger partial charge on any atom is 0.338 e. The van der Waals surface area contributed by atoms with E-state index in [0.29, 0.717) is 23.3 Å². The zero-order valence-corrected chi connectivity index (χ0v) is 20.6. The minimum absolute atomic E-state index is 0.257. The van der Waals surface area contributed by atoms with E-state index in [0.717, 1.165) is 61.6 Å². The fourth-order valence-corrected chi connectivity index (χ4v) is 4.23. The van der Waals surface area contributed by atoms with Gasteiger partial charge in [0.2, 0.25) is 0 Å². The van der Waals surface area contributed by atoms with Crippen molar-refractivity contribution >= 4 is 5.97 Å². The molecule has 3 aromatic rings. The average molecular weight is 461 g/mol. The lowest BCUT2D eigenvalue weighted by Gasteiger charge is -2.14. The number of esters is 1. The van der Waals surface area contributed by atoms with Crippen LogP contribution in [0.5, 0.6) is 0 Å². The van der Waals surface area contributed by atoms with Crippen LogP contribution in [-0.4, -0.2) is 12.6 Å². The van der Waals surface area contributed by atoms with Gasteiger partial charge >= 0.3 is 5.97 Å². The minimum atomic E-state index is -0.354. The molecule has 2 nitrogen and oxygen atoms in total. The Labute approximate surface area is 204 Å². The number of hydrogen-bond donors (Lipinski definition) is 0. The van der Waals surface area contributed by atoms with Gasteiger partial charge in [0.05, 0.1) is 12.2 Å². The molecule has 0 heterocycles. The van der Waals surface area contributed by atoms with E-state index in [1.807, 2.05) is 48.5 Å². The van der Waals surface area contributed by atoms with E-state index in [-0.39, 0.29) is 11.8 Å². The molecule has 0 N–H and O–H groups in total. The maximum absolute atomic E-state index is 15.3. The Morgan fingerprint density at radius 2 is 1.44 bits per heavy atom. The summed E-state index contributed by atoms with van der Waals surface area (Å²) < 4.78 is 20.8. The van der Waals surface area contributed by atoms with Crippen LogP contribution in [0.4, 0.5) is 4.39 Å². The lowest BCUT2D eigenvalue weighted by atomic mass is 9.91. The first-order valence-electron chi connectivity index (χ1n) is 12.8. The van der Waals surface area contributed by atoms with E-state index in [1.54, 1.807) is 18.2 Å². The van der Waals surface area contributed by atoms with Crippen molar-refractivity contribution in [2.45, 2.75) is 71.6 Å². The third-order valence-corrected chi connectivity index (χ3v) is 6.21. The third kappa shape index (κ3) is 7.28. The molecule has 34 heavy (non-hydrogen) atoms. The van der Waals surface area contributed by atoms with Gasteiger partial charge in [-0.05, 0) is 59.7 Å². The van der Waals surface area contributed by atoms with Crippen molar-refractivity contribution in [3.8, 4) is 22.3 Å². The molecule has 180 valence electrons. The predicted molar refractivity (Wildman–Crippen MR) is 140 cm³/mol. The first-order valence-corrected chi connectivity index (χ1v) is 12.8. The van der Waals surface area contributed by atoms with E-state index in [1.165, 1.54) is 12.8 Å². The van der Waals surface area contributed by atoms with Crippen molar-refractivity contribution in [2.75, 3.05) is 6.61 Å². The molecule has 0 spiro atoms. The molecule has 0 atom stereocenters. The predicted octanol–water partition coefficient (Wildman–Crippen LogP) is 9.02. The molecular weight excluding hydrogens is 423 g/mol. The van der Waals surface area contributed by atoms with E-state index >= 15 is 4.39 Å². The lowest BCUT2D eigenvalue weighted by molar-refractivity contribution is 0.0497. The van der Waals surface area contributed by atoms with Crippen LogP contribution in [0.3, 0.4) is 0 Å². The zero-order valence-electron chi connectivity index (χ0n) is 20.6. The van der Waals surface area contributed by atoms with Crippen molar-refractivity contribution in [1.29, 1.82) is 0 Å². The number of ether oxygens (including phenoxy) is 1.